The van der Waals surface area contributed by atoms with Crippen molar-refractivity contribution >= 4 is 39.5 Å². The Bertz CT molecular complexity index is 763. The summed E-state index contributed by atoms with van der Waals surface area (Å²) in [6, 6.07) is 12.1. The van der Waals surface area contributed by atoms with Crippen molar-refractivity contribution in [2.75, 3.05) is 0 Å². The van der Waals surface area contributed by atoms with E-state index >= 15 is 0 Å². The maximum absolute atomic E-state index is 11.1. The van der Waals surface area contributed by atoms with E-state index in [0.29, 0.717) is 27.6 Å². The van der Waals surface area contributed by atoms with E-state index in [0.717, 1.165) is 5.56 Å². The summed E-state index contributed by atoms with van der Waals surface area (Å²) < 4.78 is 5.62. The highest BCUT2D eigenvalue weighted by Gasteiger charge is 2.10. The number of halogens is 2. The first kappa shape index (κ1) is 12.2. The van der Waals surface area contributed by atoms with E-state index in [-0.39, 0.29) is 0 Å². The van der Waals surface area contributed by atoms with E-state index in [1.54, 1.807) is 30.3 Å². The molecule has 2 aromatic carbocycles. The Kier molecular flexibility index (Phi) is 3.01. The van der Waals surface area contributed by atoms with Crippen LogP contribution in [0.5, 0.6) is 0 Å². The molecule has 3 rings (SSSR count). The van der Waals surface area contributed by atoms with E-state index < -0.39 is 5.24 Å². The number of nitrogens with zero attached hydrogens (tertiary/aromatic N) is 1. The first-order valence-electron chi connectivity index (χ1n) is 5.50. The van der Waals surface area contributed by atoms with E-state index in [9.17, 15) is 4.79 Å². The highest BCUT2D eigenvalue weighted by atomic mass is 35.5. The fraction of sp³-hybridized carbons (Fsp3) is 0. The summed E-state index contributed by atoms with van der Waals surface area (Å²) in [5.41, 5.74) is 2.40. The van der Waals surface area contributed by atoms with Gasteiger partial charge in [-0.25, -0.2) is 4.98 Å². The number of carbonyl (C=O) groups excluding carboxylic acids is 1. The molecule has 0 unspecified atom stereocenters. The van der Waals surface area contributed by atoms with Crippen molar-refractivity contribution in [3.05, 3.63) is 53.1 Å². The number of oxazole rings is 1. The molecule has 0 saturated heterocycles. The van der Waals surface area contributed by atoms with Crippen LogP contribution in [-0.4, -0.2) is 10.2 Å². The molecule has 1 heterocycles. The van der Waals surface area contributed by atoms with Crippen molar-refractivity contribution in [2.24, 2.45) is 0 Å². The molecule has 3 nitrogen and oxygen atoms in total. The lowest BCUT2D eigenvalue weighted by atomic mass is 10.2. The second-order valence-corrected chi connectivity index (χ2v) is 4.76. The van der Waals surface area contributed by atoms with Gasteiger partial charge in [0.2, 0.25) is 5.89 Å². The number of hydrogen-bond donors (Lipinski definition) is 0. The molecule has 0 N–H and O–H groups in total. The highest BCUT2D eigenvalue weighted by molar-refractivity contribution is 6.67. The van der Waals surface area contributed by atoms with E-state index in [1.807, 2.05) is 12.1 Å². The summed E-state index contributed by atoms with van der Waals surface area (Å²) >= 11 is 11.3. The molecule has 0 bridgehead atoms. The predicted molar refractivity (Wildman–Crippen MR) is 74.6 cm³/mol. The van der Waals surface area contributed by atoms with Crippen LogP contribution < -0.4 is 0 Å². The van der Waals surface area contributed by atoms with Gasteiger partial charge in [0.25, 0.3) is 5.24 Å². The van der Waals surface area contributed by atoms with Crippen LogP contribution in [0.15, 0.2) is 46.9 Å². The molecular formula is C14H7Cl2NO2. The number of carbonyl (C=O) groups is 1. The first-order valence-corrected chi connectivity index (χ1v) is 6.25. The second kappa shape index (κ2) is 4.68. The lowest BCUT2D eigenvalue weighted by Crippen LogP contribution is -1.86. The normalized spacial score (nSPS) is 10.8. The van der Waals surface area contributed by atoms with Crippen LogP contribution in [0.25, 0.3) is 22.6 Å². The third-order valence-electron chi connectivity index (χ3n) is 2.71. The van der Waals surface area contributed by atoms with Crippen LogP contribution in [-0.2, 0) is 0 Å². The summed E-state index contributed by atoms with van der Waals surface area (Å²) in [4.78, 5) is 15.4. The van der Waals surface area contributed by atoms with Crippen molar-refractivity contribution in [3.63, 3.8) is 0 Å². The molecule has 94 valence electrons. The largest absolute Gasteiger partial charge is 0.436 e. The van der Waals surface area contributed by atoms with Gasteiger partial charge >= 0.3 is 0 Å². The van der Waals surface area contributed by atoms with Gasteiger partial charge in [-0.2, -0.15) is 0 Å². The van der Waals surface area contributed by atoms with E-state index in [1.165, 1.54) is 0 Å². The van der Waals surface area contributed by atoms with E-state index in [4.69, 9.17) is 27.6 Å². The summed E-state index contributed by atoms with van der Waals surface area (Å²) in [5, 5.41) is 0.126. The van der Waals surface area contributed by atoms with Crippen LogP contribution in [0.4, 0.5) is 0 Å². The topological polar surface area (TPSA) is 43.1 Å². The Morgan fingerprint density at radius 3 is 2.53 bits per heavy atom. The molecule has 0 atom stereocenters. The molecule has 19 heavy (non-hydrogen) atoms. The first-order chi connectivity index (χ1) is 9.13. The van der Waals surface area contributed by atoms with Crippen molar-refractivity contribution in [1.29, 1.82) is 0 Å². The maximum Gasteiger partial charge on any atom is 0.252 e. The molecule has 0 saturated carbocycles. The van der Waals surface area contributed by atoms with Gasteiger partial charge in [0, 0.05) is 16.1 Å². The van der Waals surface area contributed by atoms with Gasteiger partial charge < -0.3 is 4.42 Å². The monoisotopic (exact) mass is 291 g/mol. The fourth-order valence-electron chi connectivity index (χ4n) is 1.76. The van der Waals surface area contributed by atoms with E-state index in [2.05, 4.69) is 4.98 Å². The molecule has 0 fully saturated rings. The lowest BCUT2D eigenvalue weighted by Gasteiger charge is -1.94. The molecular weight excluding hydrogens is 285 g/mol. The van der Waals surface area contributed by atoms with Crippen LogP contribution in [0.3, 0.4) is 0 Å². The third kappa shape index (κ3) is 2.35. The number of benzene rings is 2. The van der Waals surface area contributed by atoms with Crippen molar-refractivity contribution in [1.82, 2.24) is 4.98 Å². The average molecular weight is 292 g/mol. The SMILES string of the molecule is O=C(Cl)c1ccc2nc(-c3ccc(Cl)cc3)oc2c1. The minimum atomic E-state index is -0.522. The number of hydrogen-bond acceptors (Lipinski definition) is 3. The third-order valence-corrected chi connectivity index (χ3v) is 3.18. The fourth-order valence-corrected chi connectivity index (χ4v) is 2.01. The van der Waals surface area contributed by atoms with Crippen molar-refractivity contribution in [2.45, 2.75) is 0 Å². The molecule has 0 aliphatic carbocycles. The van der Waals surface area contributed by atoms with Gasteiger partial charge in [-0.1, -0.05) is 11.6 Å². The van der Waals surface area contributed by atoms with Crippen LogP contribution in [0.2, 0.25) is 5.02 Å². The van der Waals surface area contributed by atoms with Crippen LogP contribution >= 0.6 is 23.2 Å². The maximum atomic E-state index is 11.1. The van der Waals surface area contributed by atoms with Gasteiger partial charge in [-0.15, -0.1) is 0 Å². The molecule has 0 spiro atoms. The van der Waals surface area contributed by atoms with Crippen LogP contribution in [0, 0.1) is 0 Å². The molecule has 0 aliphatic heterocycles. The minimum absolute atomic E-state index is 0.382. The summed E-state index contributed by atoms with van der Waals surface area (Å²) in [6.45, 7) is 0. The summed E-state index contributed by atoms with van der Waals surface area (Å²) in [5.74, 6) is 0.478. The molecule has 0 radical (unpaired) electrons. The summed E-state index contributed by atoms with van der Waals surface area (Å²) in [7, 11) is 0. The number of rotatable bonds is 2. The Balaban J connectivity index is 2.11. The zero-order chi connectivity index (χ0) is 13.4. The standard InChI is InChI=1S/C14H7Cl2NO2/c15-10-4-1-8(2-5-10)14-17-11-6-3-9(13(16)18)7-12(11)19-14/h1-7H. The zero-order valence-electron chi connectivity index (χ0n) is 9.56. The zero-order valence-corrected chi connectivity index (χ0v) is 11.1. The second-order valence-electron chi connectivity index (χ2n) is 3.98. The summed E-state index contributed by atoms with van der Waals surface area (Å²) in [6.07, 6.45) is 0. The molecule has 5 heteroatoms. The quantitative estimate of drug-likeness (QED) is 0.652. The van der Waals surface area contributed by atoms with Gasteiger partial charge in [0.1, 0.15) is 5.52 Å². The van der Waals surface area contributed by atoms with Crippen molar-refractivity contribution < 1.29 is 9.21 Å². The molecule has 0 amide bonds. The van der Waals surface area contributed by atoms with Gasteiger partial charge in [0.15, 0.2) is 5.58 Å². The number of aromatic nitrogens is 1. The Labute approximate surface area is 118 Å². The smallest absolute Gasteiger partial charge is 0.252 e. The van der Waals surface area contributed by atoms with Crippen LogP contribution in [0.1, 0.15) is 10.4 Å². The Morgan fingerprint density at radius 1 is 1.11 bits per heavy atom. The lowest BCUT2D eigenvalue weighted by molar-refractivity contribution is 0.108. The minimum Gasteiger partial charge on any atom is -0.436 e. The Hall–Kier alpha value is -1.84. The molecule has 0 aliphatic rings. The predicted octanol–water partition coefficient (Wildman–Crippen LogP) is 4.53. The highest BCUT2D eigenvalue weighted by Crippen LogP contribution is 2.26. The van der Waals surface area contributed by atoms with Gasteiger partial charge in [-0.3, -0.25) is 4.79 Å². The Morgan fingerprint density at radius 2 is 1.84 bits per heavy atom. The average Bonchev–Trinajstić information content (AvgIpc) is 2.82. The number of fused-ring (bicyclic) bond motifs is 1. The van der Waals surface area contributed by atoms with Gasteiger partial charge in [-0.05, 0) is 54.1 Å². The molecule has 1 aromatic heterocycles. The molecule has 3 aromatic rings. The van der Waals surface area contributed by atoms with Crippen molar-refractivity contribution in [3.8, 4) is 11.5 Å². The van der Waals surface area contributed by atoms with Gasteiger partial charge in [0.05, 0.1) is 0 Å².